The van der Waals surface area contributed by atoms with Crippen molar-refractivity contribution in [1.29, 1.82) is 0 Å². The smallest absolute Gasteiger partial charge is 0.0645 e. The van der Waals surface area contributed by atoms with Gasteiger partial charge in [-0.3, -0.25) is 0 Å². The summed E-state index contributed by atoms with van der Waals surface area (Å²) >= 11 is 0. The van der Waals surface area contributed by atoms with Gasteiger partial charge >= 0.3 is 0 Å². The molecule has 3 aromatic rings. The predicted molar refractivity (Wildman–Crippen MR) is 81.6 cm³/mol. The first-order chi connectivity index (χ1) is 9.74. The van der Waals surface area contributed by atoms with Gasteiger partial charge in [-0.05, 0) is 30.2 Å². The molecule has 0 saturated carbocycles. The summed E-state index contributed by atoms with van der Waals surface area (Å²) in [6, 6.07) is 18.5. The van der Waals surface area contributed by atoms with Crippen LogP contribution in [0.5, 0.6) is 0 Å². The molecule has 0 amide bonds. The Hall–Kier alpha value is -2.39. The molecule has 100 valence electrons. The van der Waals surface area contributed by atoms with Crippen LogP contribution >= 0.6 is 0 Å². The van der Waals surface area contributed by atoms with E-state index in [4.69, 9.17) is 5.73 Å². The van der Waals surface area contributed by atoms with Gasteiger partial charge in [0, 0.05) is 17.8 Å². The van der Waals surface area contributed by atoms with E-state index in [1.165, 1.54) is 0 Å². The Kier molecular flexibility index (Phi) is 3.35. The Morgan fingerprint density at radius 1 is 0.950 bits per heavy atom. The van der Waals surface area contributed by atoms with Gasteiger partial charge in [-0.2, -0.15) is 5.10 Å². The Labute approximate surface area is 118 Å². The van der Waals surface area contributed by atoms with Crippen molar-refractivity contribution in [2.24, 2.45) is 5.73 Å². The van der Waals surface area contributed by atoms with E-state index in [1.807, 2.05) is 54.3 Å². The van der Waals surface area contributed by atoms with Gasteiger partial charge in [0.15, 0.2) is 0 Å². The fraction of sp³-hybridized carbons (Fsp3) is 0.118. The molecule has 2 aromatic carbocycles. The SMILES string of the molecule is CC(N)c1ccc(-c2cnn(-c3ccccc3)c2)cc1. The van der Waals surface area contributed by atoms with E-state index in [2.05, 4.69) is 29.4 Å². The minimum atomic E-state index is 0.0658. The lowest BCUT2D eigenvalue weighted by molar-refractivity contribution is 0.818. The van der Waals surface area contributed by atoms with Gasteiger partial charge in [-0.25, -0.2) is 4.68 Å². The molecule has 0 saturated heterocycles. The lowest BCUT2D eigenvalue weighted by atomic mass is 10.0. The molecule has 3 rings (SSSR count). The Bertz CT molecular complexity index is 682. The molecule has 0 aliphatic heterocycles. The number of nitrogens with zero attached hydrogens (tertiary/aromatic N) is 2. The number of benzene rings is 2. The summed E-state index contributed by atoms with van der Waals surface area (Å²) in [5.74, 6) is 0. The summed E-state index contributed by atoms with van der Waals surface area (Å²) in [7, 11) is 0. The monoisotopic (exact) mass is 263 g/mol. The van der Waals surface area contributed by atoms with Crippen molar-refractivity contribution in [3.63, 3.8) is 0 Å². The van der Waals surface area contributed by atoms with Gasteiger partial charge in [0.1, 0.15) is 0 Å². The van der Waals surface area contributed by atoms with Gasteiger partial charge in [0.2, 0.25) is 0 Å². The van der Waals surface area contributed by atoms with E-state index in [-0.39, 0.29) is 6.04 Å². The summed E-state index contributed by atoms with van der Waals surface area (Å²) in [5.41, 5.74) is 10.3. The standard InChI is InChI=1S/C17H17N3/c1-13(18)14-7-9-15(10-8-14)16-11-19-20(12-16)17-5-3-2-4-6-17/h2-13H,18H2,1H3. The van der Waals surface area contributed by atoms with E-state index in [0.717, 1.165) is 22.4 Å². The Morgan fingerprint density at radius 2 is 1.65 bits per heavy atom. The molecule has 0 bridgehead atoms. The lowest BCUT2D eigenvalue weighted by Gasteiger charge is -2.05. The molecule has 1 unspecified atom stereocenters. The fourth-order valence-corrected chi connectivity index (χ4v) is 2.17. The highest BCUT2D eigenvalue weighted by molar-refractivity contribution is 5.62. The molecule has 1 heterocycles. The molecule has 0 spiro atoms. The molecule has 1 atom stereocenters. The van der Waals surface area contributed by atoms with E-state index in [9.17, 15) is 0 Å². The van der Waals surface area contributed by atoms with Crippen molar-refractivity contribution in [2.75, 3.05) is 0 Å². The van der Waals surface area contributed by atoms with Crippen molar-refractivity contribution in [3.8, 4) is 16.8 Å². The average Bonchev–Trinajstić information content (AvgIpc) is 2.98. The van der Waals surface area contributed by atoms with Crippen molar-refractivity contribution in [3.05, 3.63) is 72.6 Å². The minimum absolute atomic E-state index is 0.0658. The van der Waals surface area contributed by atoms with Crippen LogP contribution in [0, 0.1) is 0 Å². The number of aromatic nitrogens is 2. The Balaban J connectivity index is 1.90. The highest BCUT2D eigenvalue weighted by Crippen LogP contribution is 2.22. The van der Waals surface area contributed by atoms with Crippen LogP contribution in [0.15, 0.2) is 67.0 Å². The second kappa shape index (κ2) is 5.31. The molecule has 0 fully saturated rings. The van der Waals surface area contributed by atoms with Crippen molar-refractivity contribution < 1.29 is 0 Å². The second-order valence-corrected chi connectivity index (χ2v) is 4.92. The quantitative estimate of drug-likeness (QED) is 0.785. The number of para-hydroxylation sites is 1. The minimum Gasteiger partial charge on any atom is -0.324 e. The predicted octanol–water partition coefficient (Wildman–Crippen LogP) is 3.56. The number of rotatable bonds is 3. The zero-order valence-corrected chi connectivity index (χ0v) is 11.4. The molecular formula is C17H17N3. The first kappa shape index (κ1) is 12.6. The van der Waals surface area contributed by atoms with Crippen LogP contribution in [0.25, 0.3) is 16.8 Å². The van der Waals surface area contributed by atoms with E-state index in [0.29, 0.717) is 0 Å². The van der Waals surface area contributed by atoms with Crippen LogP contribution in [0.4, 0.5) is 0 Å². The third-order valence-corrected chi connectivity index (χ3v) is 3.37. The summed E-state index contributed by atoms with van der Waals surface area (Å²) in [6.45, 7) is 1.99. The molecule has 3 nitrogen and oxygen atoms in total. The maximum absolute atomic E-state index is 5.87. The summed E-state index contributed by atoms with van der Waals surface area (Å²) in [5, 5.41) is 4.41. The van der Waals surface area contributed by atoms with Crippen molar-refractivity contribution >= 4 is 0 Å². The largest absolute Gasteiger partial charge is 0.324 e. The zero-order chi connectivity index (χ0) is 13.9. The number of hydrogen-bond donors (Lipinski definition) is 1. The molecule has 0 aliphatic carbocycles. The first-order valence-corrected chi connectivity index (χ1v) is 6.70. The van der Waals surface area contributed by atoms with Crippen LogP contribution < -0.4 is 5.73 Å². The molecule has 3 heteroatoms. The third kappa shape index (κ3) is 2.49. The van der Waals surface area contributed by atoms with Gasteiger partial charge in [0.25, 0.3) is 0 Å². The average molecular weight is 263 g/mol. The topological polar surface area (TPSA) is 43.8 Å². The zero-order valence-electron chi connectivity index (χ0n) is 11.4. The molecule has 2 N–H and O–H groups in total. The maximum Gasteiger partial charge on any atom is 0.0645 e. The normalized spacial score (nSPS) is 12.3. The lowest BCUT2D eigenvalue weighted by Crippen LogP contribution is -2.04. The molecule has 20 heavy (non-hydrogen) atoms. The first-order valence-electron chi connectivity index (χ1n) is 6.70. The molecular weight excluding hydrogens is 246 g/mol. The highest BCUT2D eigenvalue weighted by Gasteiger charge is 2.04. The van der Waals surface area contributed by atoms with Crippen molar-refractivity contribution in [1.82, 2.24) is 9.78 Å². The summed E-state index contributed by atoms with van der Waals surface area (Å²) in [4.78, 5) is 0. The molecule has 0 radical (unpaired) electrons. The number of hydrogen-bond acceptors (Lipinski definition) is 2. The second-order valence-electron chi connectivity index (χ2n) is 4.92. The van der Waals surface area contributed by atoms with Gasteiger partial charge in [-0.15, -0.1) is 0 Å². The summed E-state index contributed by atoms with van der Waals surface area (Å²) < 4.78 is 1.88. The van der Waals surface area contributed by atoms with Crippen molar-refractivity contribution in [2.45, 2.75) is 13.0 Å². The van der Waals surface area contributed by atoms with Crippen LogP contribution in [0.3, 0.4) is 0 Å². The van der Waals surface area contributed by atoms with E-state index >= 15 is 0 Å². The Morgan fingerprint density at radius 3 is 2.30 bits per heavy atom. The highest BCUT2D eigenvalue weighted by atomic mass is 15.3. The maximum atomic E-state index is 5.87. The van der Waals surface area contributed by atoms with Crippen LogP contribution in [-0.2, 0) is 0 Å². The van der Waals surface area contributed by atoms with E-state index < -0.39 is 0 Å². The third-order valence-electron chi connectivity index (χ3n) is 3.37. The molecule has 0 aliphatic rings. The number of nitrogens with two attached hydrogens (primary N) is 1. The fourth-order valence-electron chi connectivity index (χ4n) is 2.17. The van der Waals surface area contributed by atoms with Crippen LogP contribution in [-0.4, -0.2) is 9.78 Å². The molecule has 1 aromatic heterocycles. The van der Waals surface area contributed by atoms with E-state index in [1.54, 1.807) is 0 Å². The van der Waals surface area contributed by atoms with Crippen LogP contribution in [0.2, 0.25) is 0 Å². The summed E-state index contributed by atoms with van der Waals surface area (Å²) in [6.07, 6.45) is 3.92. The van der Waals surface area contributed by atoms with Gasteiger partial charge in [-0.1, -0.05) is 42.5 Å². The van der Waals surface area contributed by atoms with Gasteiger partial charge < -0.3 is 5.73 Å². The van der Waals surface area contributed by atoms with Crippen LogP contribution in [0.1, 0.15) is 18.5 Å². The van der Waals surface area contributed by atoms with Gasteiger partial charge in [0.05, 0.1) is 11.9 Å².